The second-order valence-corrected chi connectivity index (χ2v) is 12.3. The number of aromatic nitrogens is 1. The molecule has 2 atom stereocenters. The molecule has 2 amide bonds. The Morgan fingerprint density at radius 1 is 0.975 bits per heavy atom. The highest BCUT2D eigenvalue weighted by atomic mass is 16.5. The average molecular weight is 544 g/mol. The molecule has 8 heteroatoms. The normalized spacial score (nSPS) is 26.7. The second-order valence-electron chi connectivity index (χ2n) is 12.3. The quantitative estimate of drug-likeness (QED) is 0.380. The molecule has 3 fully saturated rings. The molecule has 0 bridgehead atoms. The van der Waals surface area contributed by atoms with E-state index in [2.05, 4.69) is 24.1 Å². The SMILES string of the molecule is COc1cc2nccc(Oc3ccc(NC(=O)C4(C(C)C)CC(C)(C(=O)N5CC6CC6C5)C4)cc3)c2cc1OC. The number of amides is 2. The fourth-order valence-electron chi connectivity index (χ4n) is 6.79. The third-order valence-electron chi connectivity index (χ3n) is 9.30. The molecule has 1 aliphatic heterocycles. The Morgan fingerprint density at radius 3 is 2.25 bits per heavy atom. The maximum atomic E-state index is 13.6. The molecule has 1 saturated heterocycles. The zero-order valence-corrected chi connectivity index (χ0v) is 23.8. The van der Waals surface area contributed by atoms with Gasteiger partial charge in [-0.3, -0.25) is 14.6 Å². The Morgan fingerprint density at radius 2 is 1.62 bits per heavy atom. The van der Waals surface area contributed by atoms with E-state index in [4.69, 9.17) is 14.2 Å². The predicted molar refractivity (Wildman–Crippen MR) is 153 cm³/mol. The lowest BCUT2D eigenvalue weighted by Crippen LogP contribution is -2.60. The van der Waals surface area contributed by atoms with Gasteiger partial charge in [0.05, 0.1) is 25.2 Å². The summed E-state index contributed by atoms with van der Waals surface area (Å²) < 4.78 is 17.0. The molecule has 40 heavy (non-hydrogen) atoms. The molecule has 1 N–H and O–H groups in total. The van der Waals surface area contributed by atoms with Crippen molar-refractivity contribution in [2.75, 3.05) is 32.6 Å². The summed E-state index contributed by atoms with van der Waals surface area (Å²) >= 11 is 0. The fourth-order valence-corrected chi connectivity index (χ4v) is 6.79. The van der Waals surface area contributed by atoms with Crippen LogP contribution < -0.4 is 19.5 Å². The van der Waals surface area contributed by atoms with Crippen LogP contribution in [-0.2, 0) is 9.59 Å². The van der Waals surface area contributed by atoms with Crippen LogP contribution in [0.15, 0.2) is 48.7 Å². The molecule has 3 aromatic rings. The Balaban J connectivity index is 1.13. The molecular formula is C32H37N3O5. The standard InChI is InChI=1S/C32H37N3O5/c1-19(2)32(17-31(3,18-32)30(37)35-15-20-12-21(20)16-35)29(36)34-22-6-8-23(9-7-22)40-26-10-11-33-25-14-28(39-5)27(38-4)13-24(25)26/h6-11,13-14,19-21H,12,15-18H2,1-5H3,(H,34,36). The minimum Gasteiger partial charge on any atom is -0.493 e. The van der Waals surface area contributed by atoms with E-state index in [9.17, 15) is 9.59 Å². The molecule has 2 unspecified atom stereocenters. The average Bonchev–Trinajstić information content (AvgIpc) is 3.55. The van der Waals surface area contributed by atoms with Gasteiger partial charge in [0.25, 0.3) is 0 Å². The van der Waals surface area contributed by atoms with E-state index in [0.717, 1.165) is 24.0 Å². The maximum absolute atomic E-state index is 13.6. The van der Waals surface area contributed by atoms with Gasteiger partial charge in [0.1, 0.15) is 11.5 Å². The van der Waals surface area contributed by atoms with Gasteiger partial charge in [-0.1, -0.05) is 20.8 Å². The van der Waals surface area contributed by atoms with Crippen molar-refractivity contribution in [3.05, 3.63) is 48.7 Å². The molecule has 2 saturated carbocycles. The van der Waals surface area contributed by atoms with E-state index in [1.165, 1.54) is 6.42 Å². The number of carbonyl (C=O) groups excluding carboxylic acids is 2. The minimum atomic E-state index is -0.557. The van der Waals surface area contributed by atoms with E-state index in [0.29, 0.717) is 53.4 Å². The molecule has 6 rings (SSSR count). The Bertz CT molecular complexity index is 1450. The monoisotopic (exact) mass is 543 g/mol. The van der Waals surface area contributed by atoms with E-state index in [-0.39, 0.29) is 17.7 Å². The fraction of sp³-hybridized carbons (Fsp3) is 0.469. The smallest absolute Gasteiger partial charge is 0.230 e. The second kappa shape index (κ2) is 9.68. The van der Waals surface area contributed by atoms with Gasteiger partial charge in [0, 0.05) is 41.8 Å². The summed E-state index contributed by atoms with van der Waals surface area (Å²) in [6.07, 6.45) is 4.12. The number of ether oxygens (including phenoxy) is 3. The molecule has 0 spiro atoms. The van der Waals surface area contributed by atoms with E-state index in [1.807, 2.05) is 48.2 Å². The van der Waals surface area contributed by atoms with Gasteiger partial charge in [-0.05, 0) is 73.4 Å². The molecule has 8 nitrogen and oxygen atoms in total. The zero-order valence-electron chi connectivity index (χ0n) is 23.8. The van der Waals surface area contributed by atoms with Crippen LogP contribution in [0.3, 0.4) is 0 Å². The molecular weight excluding hydrogens is 506 g/mol. The zero-order chi connectivity index (χ0) is 28.2. The summed E-state index contributed by atoms with van der Waals surface area (Å²) in [4.78, 5) is 33.4. The van der Waals surface area contributed by atoms with Gasteiger partial charge < -0.3 is 24.4 Å². The summed E-state index contributed by atoms with van der Waals surface area (Å²) in [5, 5.41) is 3.91. The number of piperidine rings is 1. The number of rotatable bonds is 8. The van der Waals surface area contributed by atoms with Crippen LogP contribution in [0.2, 0.25) is 0 Å². The molecule has 1 aromatic heterocycles. The number of anilines is 1. The van der Waals surface area contributed by atoms with Crippen LogP contribution in [0.5, 0.6) is 23.0 Å². The molecule has 3 aliphatic rings. The van der Waals surface area contributed by atoms with Gasteiger partial charge in [0.2, 0.25) is 11.8 Å². The third kappa shape index (κ3) is 4.43. The summed E-state index contributed by atoms with van der Waals surface area (Å²) in [6, 6.07) is 12.8. The van der Waals surface area contributed by atoms with Gasteiger partial charge in [0.15, 0.2) is 11.5 Å². The Kier molecular flexibility index (Phi) is 6.39. The highest BCUT2D eigenvalue weighted by Gasteiger charge is 2.63. The number of nitrogens with zero attached hydrogens (tertiary/aromatic N) is 2. The van der Waals surface area contributed by atoms with Crippen molar-refractivity contribution in [2.24, 2.45) is 28.6 Å². The number of pyridine rings is 1. The lowest BCUT2D eigenvalue weighted by molar-refractivity contribution is -0.165. The summed E-state index contributed by atoms with van der Waals surface area (Å²) in [5.74, 6) is 4.20. The minimum absolute atomic E-state index is 0.0214. The highest BCUT2D eigenvalue weighted by molar-refractivity contribution is 5.99. The molecule has 210 valence electrons. The van der Waals surface area contributed by atoms with Gasteiger partial charge >= 0.3 is 0 Å². The summed E-state index contributed by atoms with van der Waals surface area (Å²) in [7, 11) is 3.18. The number of fused-ring (bicyclic) bond motifs is 2. The van der Waals surface area contributed by atoms with Crippen molar-refractivity contribution in [3.8, 4) is 23.0 Å². The van der Waals surface area contributed by atoms with Crippen molar-refractivity contribution in [3.63, 3.8) is 0 Å². The van der Waals surface area contributed by atoms with Gasteiger partial charge in [-0.2, -0.15) is 0 Å². The molecule has 2 aromatic carbocycles. The first kappa shape index (κ1) is 26.4. The van der Waals surface area contributed by atoms with Crippen molar-refractivity contribution in [1.82, 2.24) is 9.88 Å². The molecule has 0 radical (unpaired) electrons. The number of hydrogen-bond donors (Lipinski definition) is 1. The number of methoxy groups -OCH3 is 2. The van der Waals surface area contributed by atoms with Crippen molar-refractivity contribution in [1.29, 1.82) is 0 Å². The van der Waals surface area contributed by atoms with E-state index in [1.54, 1.807) is 26.5 Å². The number of likely N-dealkylation sites (tertiary alicyclic amines) is 1. The predicted octanol–water partition coefficient (Wildman–Crippen LogP) is 5.90. The van der Waals surface area contributed by atoms with Crippen LogP contribution in [0.25, 0.3) is 10.9 Å². The molecule has 2 aliphatic carbocycles. The van der Waals surface area contributed by atoms with Crippen LogP contribution in [0.1, 0.15) is 40.0 Å². The first-order valence-corrected chi connectivity index (χ1v) is 14.1. The van der Waals surface area contributed by atoms with Crippen molar-refractivity contribution in [2.45, 2.75) is 40.0 Å². The Labute approximate surface area is 235 Å². The van der Waals surface area contributed by atoms with Crippen molar-refractivity contribution < 1.29 is 23.8 Å². The lowest BCUT2D eigenvalue weighted by atomic mass is 9.48. The topological polar surface area (TPSA) is 90.0 Å². The molecule has 2 heterocycles. The van der Waals surface area contributed by atoms with E-state index < -0.39 is 10.8 Å². The summed E-state index contributed by atoms with van der Waals surface area (Å²) in [5.41, 5.74) is 0.405. The van der Waals surface area contributed by atoms with Crippen LogP contribution >= 0.6 is 0 Å². The number of hydrogen-bond acceptors (Lipinski definition) is 6. The Hall–Kier alpha value is -3.81. The number of nitrogens with one attached hydrogen (secondary N) is 1. The summed E-state index contributed by atoms with van der Waals surface area (Å²) in [6.45, 7) is 7.98. The maximum Gasteiger partial charge on any atom is 0.230 e. The van der Waals surface area contributed by atoms with Crippen molar-refractivity contribution >= 4 is 28.4 Å². The van der Waals surface area contributed by atoms with Crippen LogP contribution in [0, 0.1) is 28.6 Å². The first-order chi connectivity index (χ1) is 19.2. The first-order valence-electron chi connectivity index (χ1n) is 14.1. The highest BCUT2D eigenvalue weighted by Crippen LogP contribution is 2.60. The van der Waals surface area contributed by atoms with Crippen LogP contribution in [-0.4, -0.2) is 49.0 Å². The van der Waals surface area contributed by atoms with Crippen LogP contribution in [0.4, 0.5) is 5.69 Å². The largest absolute Gasteiger partial charge is 0.493 e. The van der Waals surface area contributed by atoms with E-state index >= 15 is 0 Å². The third-order valence-corrected chi connectivity index (χ3v) is 9.30. The lowest BCUT2D eigenvalue weighted by Gasteiger charge is -2.55. The van der Waals surface area contributed by atoms with Gasteiger partial charge in [-0.15, -0.1) is 0 Å². The number of carbonyl (C=O) groups is 2. The van der Waals surface area contributed by atoms with Gasteiger partial charge in [-0.25, -0.2) is 0 Å². The number of benzene rings is 2.